The molecule has 0 bridgehead atoms. The van der Waals surface area contributed by atoms with Gasteiger partial charge >= 0.3 is 0 Å². The van der Waals surface area contributed by atoms with Crippen molar-refractivity contribution < 1.29 is 18.8 Å². The molecule has 8 nitrogen and oxygen atoms in total. The van der Waals surface area contributed by atoms with Crippen LogP contribution < -0.4 is 20.9 Å². The highest BCUT2D eigenvalue weighted by Crippen LogP contribution is 2.29. The number of rotatable bonds is 5. The number of hydrogen-bond donors (Lipinski definition) is 3. The molecular weight excluding hydrogens is 384 g/mol. The Labute approximate surface area is 172 Å². The Balaban J connectivity index is 1.40. The lowest BCUT2D eigenvalue weighted by Crippen LogP contribution is -2.35. The fourth-order valence-electron chi connectivity index (χ4n) is 3.24. The van der Waals surface area contributed by atoms with Crippen LogP contribution in [0.1, 0.15) is 26.5 Å². The molecule has 1 aliphatic heterocycles. The van der Waals surface area contributed by atoms with Crippen molar-refractivity contribution in [3.05, 3.63) is 77.7 Å². The van der Waals surface area contributed by atoms with Crippen LogP contribution in [-0.2, 0) is 11.3 Å². The van der Waals surface area contributed by atoms with Gasteiger partial charge in [0.05, 0.1) is 24.2 Å². The van der Waals surface area contributed by atoms with Gasteiger partial charge in [-0.3, -0.25) is 14.4 Å². The lowest BCUT2D eigenvalue weighted by atomic mass is 10.1. The van der Waals surface area contributed by atoms with Gasteiger partial charge in [-0.1, -0.05) is 12.1 Å². The van der Waals surface area contributed by atoms with Crippen LogP contribution in [0.5, 0.6) is 0 Å². The molecule has 1 aromatic heterocycles. The maximum Gasteiger partial charge on any atom is 0.291 e. The van der Waals surface area contributed by atoms with Crippen molar-refractivity contribution in [3.63, 3.8) is 0 Å². The van der Waals surface area contributed by atoms with Crippen LogP contribution in [0, 0.1) is 0 Å². The van der Waals surface area contributed by atoms with Gasteiger partial charge < -0.3 is 25.3 Å². The summed E-state index contributed by atoms with van der Waals surface area (Å²) in [5, 5.41) is 8.40. The van der Waals surface area contributed by atoms with E-state index in [0.29, 0.717) is 16.9 Å². The standard InChI is InChI=1S/C22H20N4O4/c1-26-13-20(27)25-17-11-15(7-8-18(17)26)21(28)23-12-14-4-2-5-16(10-14)24-22(29)19-6-3-9-30-19/h2-11H,12-13H2,1H3,(H,23,28)(H,24,29)(H,25,27). The van der Waals surface area contributed by atoms with E-state index in [2.05, 4.69) is 16.0 Å². The fraction of sp³-hybridized carbons (Fsp3) is 0.136. The molecule has 0 atom stereocenters. The number of nitrogens with zero attached hydrogens (tertiary/aromatic N) is 1. The molecule has 0 saturated heterocycles. The van der Waals surface area contributed by atoms with Crippen LogP contribution in [0.3, 0.4) is 0 Å². The lowest BCUT2D eigenvalue weighted by molar-refractivity contribution is -0.115. The van der Waals surface area contributed by atoms with Crippen molar-refractivity contribution >= 4 is 34.8 Å². The molecule has 0 fully saturated rings. The van der Waals surface area contributed by atoms with Crippen molar-refractivity contribution in [1.82, 2.24) is 5.32 Å². The molecule has 2 heterocycles. The monoisotopic (exact) mass is 404 g/mol. The number of anilines is 3. The molecule has 0 saturated carbocycles. The minimum atomic E-state index is -0.345. The quantitative estimate of drug-likeness (QED) is 0.607. The van der Waals surface area contributed by atoms with Gasteiger partial charge in [-0.2, -0.15) is 0 Å². The zero-order chi connectivity index (χ0) is 21.1. The second-order valence-corrected chi connectivity index (χ2v) is 6.95. The van der Waals surface area contributed by atoms with Crippen molar-refractivity contribution in [2.75, 3.05) is 29.1 Å². The fourth-order valence-corrected chi connectivity index (χ4v) is 3.24. The van der Waals surface area contributed by atoms with E-state index >= 15 is 0 Å². The van der Waals surface area contributed by atoms with Crippen LogP contribution in [0.4, 0.5) is 17.1 Å². The van der Waals surface area contributed by atoms with Gasteiger partial charge in [-0.25, -0.2) is 0 Å². The maximum absolute atomic E-state index is 12.6. The van der Waals surface area contributed by atoms with Crippen LogP contribution >= 0.6 is 0 Å². The van der Waals surface area contributed by atoms with E-state index in [4.69, 9.17) is 4.42 Å². The Morgan fingerprint density at radius 2 is 1.97 bits per heavy atom. The predicted molar refractivity (Wildman–Crippen MR) is 113 cm³/mol. The Hall–Kier alpha value is -4.07. The number of furan rings is 1. The molecule has 0 radical (unpaired) electrons. The second kappa shape index (κ2) is 8.12. The highest BCUT2D eigenvalue weighted by atomic mass is 16.3. The van der Waals surface area contributed by atoms with E-state index < -0.39 is 0 Å². The SMILES string of the molecule is CN1CC(=O)Nc2cc(C(=O)NCc3cccc(NC(=O)c4ccco4)c3)ccc21. The molecule has 3 aromatic rings. The Morgan fingerprint density at radius 1 is 1.10 bits per heavy atom. The molecule has 0 aliphatic carbocycles. The number of likely N-dealkylation sites (N-methyl/N-ethyl adjacent to an activating group) is 1. The number of nitrogens with one attached hydrogen (secondary N) is 3. The Bertz CT molecular complexity index is 1110. The predicted octanol–water partition coefficient (Wildman–Crippen LogP) is 2.85. The van der Waals surface area contributed by atoms with Crippen LogP contribution in [0.2, 0.25) is 0 Å². The van der Waals surface area contributed by atoms with E-state index in [1.165, 1.54) is 6.26 Å². The van der Waals surface area contributed by atoms with Gasteiger partial charge in [0.1, 0.15) is 0 Å². The largest absolute Gasteiger partial charge is 0.459 e. The average molecular weight is 404 g/mol. The third-order valence-electron chi connectivity index (χ3n) is 4.71. The molecule has 0 spiro atoms. The highest BCUT2D eigenvalue weighted by molar-refractivity contribution is 6.04. The summed E-state index contributed by atoms with van der Waals surface area (Å²) >= 11 is 0. The minimum Gasteiger partial charge on any atom is -0.459 e. The molecule has 30 heavy (non-hydrogen) atoms. The van der Waals surface area contributed by atoms with E-state index in [1.807, 2.05) is 24.1 Å². The lowest BCUT2D eigenvalue weighted by Gasteiger charge is -2.27. The van der Waals surface area contributed by atoms with Crippen LogP contribution in [0.15, 0.2) is 65.3 Å². The first-order chi connectivity index (χ1) is 14.5. The van der Waals surface area contributed by atoms with E-state index in [9.17, 15) is 14.4 Å². The van der Waals surface area contributed by atoms with Gasteiger partial charge in [0.2, 0.25) is 5.91 Å². The molecule has 3 amide bonds. The van der Waals surface area contributed by atoms with E-state index in [0.717, 1.165) is 11.3 Å². The second-order valence-electron chi connectivity index (χ2n) is 6.95. The van der Waals surface area contributed by atoms with Gasteiger partial charge in [0.25, 0.3) is 11.8 Å². The summed E-state index contributed by atoms with van der Waals surface area (Å²) in [7, 11) is 1.83. The smallest absolute Gasteiger partial charge is 0.291 e. The highest BCUT2D eigenvalue weighted by Gasteiger charge is 2.20. The number of fused-ring (bicyclic) bond motifs is 1. The Morgan fingerprint density at radius 3 is 2.77 bits per heavy atom. The summed E-state index contributed by atoms with van der Waals surface area (Å²) in [4.78, 5) is 38.2. The van der Waals surface area contributed by atoms with Crippen molar-refractivity contribution in [1.29, 1.82) is 0 Å². The first-order valence-corrected chi connectivity index (χ1v) is 9.36. The van der Waals surface area contributed by atoms with E-state index in [1.54, 1.807) is 42.5 Å². The van der Waals surface area contributed by atoms with Gasteiger partial charge in [0, 0.05) is 24.8 Å². The van der Waals surface area contributed by atoms with Crippen molar-refractivity contribution in [2.45, 2.75) is 6.54 Å². The third-order valence-corrected chi connectivity index (χ3v) is 4.71. The van der Waals surface area contributed by atoms with Crippen LogP contribution in [0.25, 0.3) is 0 Å². The molecule has 8 heteroatoms. The van der Waals surface area contributed by atoms with Crippen molar-refractivity contribution in [3.8, 4) is 0 Å². The zero-order valence-electron chi connectivity index (χ0n) is 16.3. The summed E-state index contributed by atoms with van der Waals surface area (Å²) in [6.07, 6.45) is 1.44. The number of carbonyl (C=O) groups excluding carboxylic acids is 3. The number of hydrogen-bond acceptors (Lipinski definition) is 5. The zero-order valence-corrected chi connectivity index (χ0v) is 16.3. The first kappa shape index (κ1) is 19.3. The van der Waals surface area contributed by atoms with E-state index in [-0.39, 0.29) is 36.6 Å². The minimum absolute atomic E-state index is 0.115. The summed E-state index contributed by atoms with van der Waals surface area (Å²) in [6.45, 7) is 0.567. The molecule has 3 N–H and O–H groups in total. The number of benzene rings is 2. The maximum atomic E-state index is 12.6. The summed E-state index contributed by atoms with van der Waals surface area (Å²) < 4.78 is 5.08. The van der Waals surface area contributed by atoms with Gasteiger partial charge in [-0.05, 0) is 48.0 Å². The molecule has 1 aliphatic rings. The molecule has 152 valence electrons. The molecule has 4 rings (SSSR count). The molecule has 0 unspecified atom stereocenters. The van der Waals surface area contributed by atoms with Gasteiger partial charge in [0.15, 0.2) is 5.76 Å². The molecule has 2 aromatic carbocycles. The van der Waals surface area contributed by atoms with Gasteiger partial charge in [-0.15, -0.1) is 0 Å². The number of amides is 3. The summed E-state index contributed by atoms with van der Waals surface area (Å²) in [5.41, 5.74) is 3.36. The summed E-state index contributed by atoms with van der Waals surface area (Å²) in [5.74, 6) is -0.498. The third kappa shape index (κ3) is 4.17. The Kier molecular flexibility index (Phi) is 5.21. The molecular formula is C22H20N4O4. The normalized spacial score (nSPS) is 12.7. The number of carbonyl (C=O) groups is 3. The topological polar surface area (TPSA) is 104 Å². The average Bonchev–Trinajstić information content (AvgIpc) is 3.27. The summed E-state index contributed by atoms with van der Waals surface area (Å²) in [6, 6.07) is 15.6. The van der Waals surface area contributed by atoms with Crippen LogP contribution in [-0.4, -0.2) is 31.3 Å². The first-order valence-electron chi connectivity index (χ1n) is 9.36. The van der Waals surface area contributed by atoms with Crippen molar-refractivity contribution in [2.24, 2.45) is 0 Å².